The van der Waals surface area contributed by atoms with Crippen molar-refractivity contribution in [1.29, 1.82) is 0 Å². The van der Waals surface area contributed by atoms with Crippen molar-refractivity contribution in [2.24, 2.45) is 17.4 Å². The molecule has 0 spiro atoms. The Morgan fingerprint density at radius 1 is 0.912 bits per heavy atom. The monoisotopic (exact) mass is 481 g/mol. The van der Waals surface area contributed by atoms with E-state index in [0.717, 1.165) is 0 Å². The summed E-state index contributed by atoms with van der Waals surface area (Å²) in [5, 5.41) is 35.3. The number of carboxylic acid groups (broad SMARTS) is 1. The van der Waals surface area contributed by atoms with Gasteiger partial charge < -0.3 is 42.7 Å². The zero-order chi connectivity index (χ0) is 26.0. The summed E-state index contributed by atoms with van der Waals surface area (Å²) in [7, 11) is 0. The van der Waals surface area contributed by atoms with E-state index in [0.29, 0.717) is 5.56 Å². The highest BCUT2D eigenvalue weighted by molar-refractivity contribution is 5.95. The van der Waals surface area contributed by atoms with E-state index < -0.39 is 72.7 Å². The summed E-state index contributed by atoms with van der Waals surface area (Å²) in [6, 6.07) is 0.371. The second kappa shape index (κ2) is 13.1. The van der Waals surface area contributed by atoms with E-state index in [1.807, 2.05) is 0 Å². The Hall–Kier alpha value is -3.71. The molecule has 4 unspecified atom stereocenters. The highest BCUT2D eigenvalue weighted by atomic mass is 16.4. The standard InChI is InChI=1S/C21H31N5O8/c1-10(2)17(26-18(30)13(22)8-16(23)29)20(32)25-15(9-27)19(31)24-14(21(33)34)7-11-3-5-12(28)6-4-11/h3-6,10,13-15,17,27-28H,7-9,22H2,1-2H3,(H2,23,29)(H,24,31)(H,25,32)(H,26,30)(H,33,34). The number of amides is 4. The van der Waals surface area contributed by atoms with Gasteiger partial charge in [0.15, 0.2) is 0 Å². The number of phenols is 1. The number of nitrogens with one attached hydrogen (secondary N) is 3. The first kappa shape index (κ1) is 28.3. The van der Waals surface area contributed by atoms with Crippen molar-refractivity contribution in [3.8, 4) is 5.75 Å². The molecule has 0 fully saturated rings. The molecule has 4 amide bonds. The minimum Gasteiger partial charge on any atom is -0.508 e. The predicted octanol–water partition coefficient (Wildman–Crippen LogP) is -2.68. The van der Waals surface area contributed by atoms with Gasteiger partial charge in [0.25, 0.3) is 0 Å². The molecule has 34 heavy (non-hydrogen) atoms. The molecule has 0 aliphatic rings. The van der Waals surface area contributed by atoms with Gasteiger partial charge in [-0.1, -0.05) is 26.0 Å². The molecule has 10 N–H and O–H groups in total. The minimum atomic E-state index is -1.51. The Morgan fingerprint density at radius 2 is 1.47 bits per heavy atom. The van der Waals surface area contributed by atoms with Crippen LogP contribution in [-0.4, -0.2) is 75.7 Å². The molecular formula is C21H31N5O8. The third-order valence-corrected chi connectivity index (χ3v) is 4.81. The van der Waals surface area contributed by atoms with E-state index in [9.17, 15) is 39.3 Å². The van der Waals surface area contributed by atoms with Crippen LogP contribution >= 0.6 is 0 Å². The molecular weight excluding hydrogens is 450 g/mol. The number of aliphatic carboxylic acids is 1. The predicted molar refractivity (Wildman–Crippen MR) is 119 cm³/mol. The molecule has 0 aliphatic carbocycles. The Kier molecular flexibility index (Phi) is 10.9. The molecule has 0 aromatic heterocycles. The van der Waals surface area contributed by atoms with Crippen molar-refractivity contribution in [3.63, 3.8) is 0 Å². The van der Waals surface area contributed by atoms with E-state index >= 15 is 0 Å². The molecule has 13 heteroatoms. The van der Waals surface area contributed by atoms with Crippen molar-refractivity contribution in [2.75, 3.05) is 6.61 Å². The lowest BCUT2D eigenvalue weighted by Crippen LogP contribution is -2.59. The van der Waals surface area contributed by atoms with Crippen LogP contribution in [0.25, 0.3) is 0 Å². The fraction of sp³-hybridized carbons (Fsp3) is 0.476. The Morgan fingerprint density at radius 3 is 1.94 bits per heavy atom. The number of rotatable bonds is 13. The van der Waals surface area contributed by atoms with Gasteiger partial charge in [-0.2, -0.15) is 0 Å². The van der Waals surface area contributed by atoms with Gasteiger partial charge in [0.1, 0.15) is 23.9 Å². The molecule has 0 bridgehead atoms. The Balaban J connectivity index is 2.85. The van der Waals surface area contributed by atoms with Crippen molar-refractivity contribution in [1.82, 2.24) is 16.0 Å². The first-order chi connectivity index (χ1) is 15.8. The minimum absolute atomic E-state index is 0.00917. The van der Waals surface area contributed by atoms with Gasteiger partial charge in [-0.15, -0.1) is 0 Å². The normalized spacial score (nSPS) is 14.4. The van der Waals surface area contributed by atoms with Gasteiger partial charge >= 0.3 is 5.97 Å². The largest absolute Gasteiger partial charge is 0.508 e. The topological polar surface area (TPSA) is 234 Å². The third kappa shape index (κ3) is 9.03. The number of aromatic hydroxyl groups is 1. The van der Waals surface area contributed by atoms with Gasteiger partial charge in [-0.3, -0.25) is 19.2 Å². The molecule has 1 aromatic rings. The quantitative estimate of drug-likeness (QED) is 0.146. The van der Waals surface area contributed by atoms with Crippen molar-refractivity contribution < 1.29 is 39.3 Å². The summed E-state index contributed by atoms with van der Waals surface area (Å²) < 4.78 is 0. The summed E-state index contributed by atoms with van der Waals surface area (Å²) in [4.78, 5) is 60.0. The van der Waals surface area contributed by atoms with Crippen molar-refractivity contribution >= 4 is 29.6 Å². The number of hydrogen-bond donors (Lipinski definition) is 8. The molecule has 1 aromatic carbocycles. The van der Waals surface area contributed by atoms with Crippen LogP contribution in [0.3, 0.4) is 0 Å². The summed E-state index contributed by atoms with van der Waals surface area (Å²) in [5.41, 5.74) is 11.1. The maximum atomic E-state index is 12.7. The third-order valence-electron chi connectivity index (χ3n) is 4.81. The number of phenolic OH excluding ortho intramolecular Hbond substituents is 1. The first-order valence-corrected chi connectivity index (χ1v) is 10.4. The number of aliphatic hydroxyl groups is 1. The molecule has 1 rings (SSSR count). The zero-order valence-electron chi connectivity index (χ0n) is 18.9. The van der Waals surface area contributed by atoms with Crippen molar-refractivity contribution in [2.45, 2.75) is 50.9 Å². The van der Waals surface area contributed by atoms with Gasteiger partial charge in [-0.05, 0) is 23.6 Å². The zero-order valence-corrected chi connectivity index (χ0v) is 18.9. The summed E-state index contributed by atoms with van der Waals surface area (Å²) in [5.74, 6) is -5.21. The number of primary amides is 1. The molecule has 0 heterocycles. The van der Waals surface area contributed by atoms with Gasteiger partial charge in [0.2, 0.25) is 23.6 Å². The molecule has 0 saturated heterocycles. The lowest BCUT2D eigenvalue weighted by atomic mass is 10.0. The van der Waals surface area contributed by atoms with Crippen LogP contribution in [0, 0.1) is 5.92 Å². The highest BCUT2D eigenvalue weighted by Gasteiger charge is 2.31. The van der Waals surface area contributed by atoms with Crippen LogP contribution in [0.5, 0.6) is 5.75 Å². The number of carbonyl (C=O) groups excluding carboxylic acids is 4. The summed E-state index contributed by atoms with van der Waals surface area (Å²) in [6.45, 7) is 2.37. The lowest BCUT2D eigenvalue weighted by molar-refractivity contribution is -0.142. The van der Waals surface area contributed by atoms with E-state index in [1.54, 1.807) is 13.8 Å². The summed E-state index contributed by atoms with van der Waals surface area (Å²) >= 11 is 0. The fourth-order valence-electron chi connectivity index (χ4n) is 2.90. The van der Waals surface area contributed by atoms with Crippen LogP contribution in [0.15, 0.2) is 24.3 Å². The van der Waals surface area contributed by atoms with E-state index in [2.05, 4.69) is 16.0 Å². The van der Waals surface area contributed by atoms with E-state index in [1.165, 1.54) is 24.3 Å². The SMILES string of the molecule is CC(C)C(NC(=O)C(N)CC(N)=O)C(=O)NC(CO)C(=O)NC(Cc1ccc(O)cc1)C(=O)O. The second-order valence-corrected chi connectivity index (χ2v) is 8.02. The van der Waals surface area contributed by atoms with E-state index in [-0.39, 0.29) is 12.2 Å². The lowest BCUT2D eigenvalue weighted by Gasteiger charge is -2.26. The molecule has 0 aliphatic heterocycles. The highest BCUT2D eigenvalue weighted by Crippen LogP contribution is 2.11. The van der Waals surface area contributed by atoms with Crippen molar-refractivity contribution in [3.05, 3.63) is 29.8 Å². The van der Waals surface area contributed by atoms with Crippen LogP contribution < -0.4 is 27.4 Å². The number of benzene rings is 1. The number of nitrogens with two attached hydrogens (primary N) is 2. The second-order valence-electron chi connectivity index (χ2n) is 8.02. The number of hydrogen-bond acceptors (Lipinski definition) is 8. The van der Waals surface area contributed by atoms with Gasteiger partial charge in [0, 0.05) is 6.42 Å². The number of carboxylic acids is 1. The Labute approximate surface area is 195 Å². The summed E-state index contributed by atoms with van der Waals surface area (Å²) in [6.07, 6.45) is -0.548. The van der Waals surface area contributed by atoms with Crippen LogP contribution in [0.4, 0.5) is 0 Å². The maximum Gasteiger partial charge on any atom is 0.326 e. The fourth-order valence-corrected chi connectivity index (χ4v) is 2.90. The maximum absolute atomic E-state index is 12.7. The van der Waals surface area contributed by atoms with Crippen LogP contribution in [0.2, 0.25) is 0 Å². The average molecular weight is 482 g/mol. The molecule has 4 atom stereocenters. The van der Waals surface area contributed by atoms with Gasteiger partial charge in [-0.25, -0.2) is 4.79 Å². The smallest absolute Gasteiger partial charge is 0.326 e. The Bertz CT molecular complexity index is 890. The molecule has 0 saturated carbocycles. The molecule has 188 valence electrons. The molecule has 0 radical (unpaired) electrons. The van der Waals surface area contributed by atoms with Gasteiger partial charge in [0.05, 0.1) is 19.1 Å². The molecule has 13 nitrogen and oxygen atoms in total. The average Bonchev–Trinajstić information content (AvgIpc) is 2.75. The van der Waals surface area contributed by atoms with Crippen LogP contribution in [0.1, 0.15) is 25.8 Å². The first-order valence-electron chi connectivity index (χ1n) is 10.4. The number of carbonyl (C=O) groups is 5. The van der Waals surface area contributed by atoms with E-state index in [4.69, 9.17) is 11.5 Å². The number of aliphatic hydroxyl groups excluding tert-OH is 1. The van der Waals surface area contributed by atoms with Crippen LogP contribution in [-0.2, 0) is 30.4 Å².